The number of carbonyl (C=O) groups excluding carboxylic acids is 1. The summed E-state index contributed by atoms with van der Waals surface area (Å²) in [5, 5.41) is 9.12. The maximum absolute atomic E-state index is 13.8. The number of hydrogen-bond acceptors (Lipinski definition) is 4. The van der Waals surface area contributed by atoms with Crippen molar-refractivity contribution in [1.29, 1.82) is 0 Å². The average molecular weight is 477 g/mol. The lowest BCUT2D eigenvalue weighted by Gasteiger charge is -2.33. The first-order chi connectivity index (χ1) is 13.3. The molecule has 3 unspecified atom stereocenters. The Morgan fingerprint density at radius 3 is 2.82 bits per heavy atom. The minimum Gasteiger partial charge on any atom is -0.362 e. The Balaban J connectivity index is 1.73. The summed E-state index contributed by atoms with van der Waals surface area (Å²) in [7, 11) is 0. The molecule has 1 saturated heterocycles. The van der Waals surface area contributed by atoms with Gasteiger partial charge in [0.05, 0.1) is 10.5 Å². The van der Waals surface area contributed by atoms with Crippen molar-refractivity contribution >= 4 is 39.0 Å². The summed E-state index contributed by atoms with van der Waals surface area (Å²) in [5.74, 6) is -0.114. The minimum absolute atomic E-state index is 0.0392. The lowest BCUT2D eigenvalue weighted by molar-refractivity contribution is -0.173. The van der Waals surface area contributed by atoms with Crippen LogP contribution in [-0.4, -0.2) is 39.4 Å². The van der Waals surface area contributed by atoms with Crippen LogP contribution in [0, 0.1) is 0 Å². The van der Waals surface area contributed by atoms with Crippen LogP contribution in [0.4, 0.5) is 19.0 Å². The monoisotopic (exact) mass is 476 g/mol. The average Bonchev–Trinajstić information content (AvgIpc) is 3.29. The van der Waals surface area contributed by atoms with Gasteiger partial charge < -0.3 is 10.2 Å². The van der Waals surface area contributed by atoms with E-state index in [2.05, 4.69) is 26.3 Å². The molecule has 4 heterocycles. The second-order valence-electron chi connectivity index (χ2n) is 7.30. The maximum Gasteiger partial charge on any atom is 0.410 e. The summed E-state index contributed by atoms with van der Waals surface area (Å²) in [4.78, 5) is 15.6. The summed E-state index contributed by atoms with van der Waals surface area (Å²) >= 11 is 4.76. The van der Waals surface area contributed by atoms with Crippen LogP contribution >= 0.6 is 27.3 Å². The number of rotatable bonds is 2. The SMILES string of the molecule is CC1CCCCN1C(=O)c1nn2c(c1Br)NC(c1cccs1)CC2C(F)(F)F. The van der Waals surface area contributed by atoms with Crippen molar-refractivity contribution in [2.45, 2.75) is 56.9 Å². The Labute approximate surface area is 173 Å². The lowest BCUT2D eigenvalue weighted by Crippen LogP contribution is -2.42. The van der Waals surface area contributed by atoms with Gasteiger partial charge in [-0.2, -0.15) is 18.3 Å². The molecule has 2 aromatic heterocycles. The molecule has 10 heteroatoms. The van der Waals surface area contributed by atoms with E-state index in [1.807, 2.05) is 24.4 Å². The third kappa shape index (κ3) is 3.45. The molecule has 1 N–H and O–H groups in total. The van der Waals surface area contributed by atoms with Crippen molar-refractivity contribution in [3.63, 3.8) is 0 Å². The van der Waals surface area contributed by atoms with Crippen molar-refractivity contribution in [3.05, 3.63) is 32.6 Å². The first-order valence-electron chi connectivity index (χ1n) is 9.23. The number of halogens is 4. The highest BCUT2D eigenvalue weighted by Gasteiger charge is 2.48. The molecule has 0 saturated carbocycles. The van der Waals surface area contributed by atoms with Crippen LogP contribution in [0.5, 0.6) is 0 Å². The molecule has 0 radical (unpaired) electrons. The zero-order valence-electron chi connectivity index (χ0n) is 15.2. The molecule has 0 spiro atoms. The molecule has 1 fully saturated rings. The van der Waals surface area contributed by atoms with Crippen LogP contribution in [0.25, 0.3) is 0 Å². The van der Waals surface area contributed by atoms with Crippen LogP contribution in [0.3, 0.4) is 0 Å². The van der Waals surface area contributed by atoms with Gasteiger partial charge in [-0.1, -0.05) is 6.07 Å². The summed E-state index contributed by atoms with van der Waals surface area (Å²) in [6.07, 6.45) is -1.80. The Bertz CT molecular complexity index is 867. The van der Waals surface area contributed by atoms with Crippen molar-refractivity contribution in [1.82, 2.24) is 14.7 Å². The fourth-order valence-electron chi connectivity index (χ4n) is 3.94. The molecular weight excluding hydrogens is 457 g/mol. The summed E-state index contributed by atoms with van der Waals surface area (Å²) < 4.78 is 42.6. The number of likely N-dealkylation sites (tertiary alicyclic amines) is 1. The van der Waals surface area contributed by atoms with Crippen LogP contribution in [0.2, 0.25) is 0 Å². The summed E-state index contributed by atoms with van der Waals surface area (Å²) in [6, 6.07) is 1.42. The first-order valence-corrected chi connectivity index (χ1v) is 10.9. The number of alkyl halides is 3. The Hall–Kier alpha value is -1.55. The molecule has 2 aromatic rings. The predicted molar refractivity (Wildman–Crippen MR) is 105 cm³/mol. The number of anilines is 1. The van der Waals surface area contributed by atoms with E-state index in [1.165, 1.54) is 11.3 Å². The topological polar surface area (TPSA) is 50.2 Å². The Morgan fingerprint density at radius 1 is 1.39 bits per heavy atom. The van der Waals surface area contributed by atoms with Crippen molar-refractivity contribution in [2.24, 2.45) is 0 Å². The highest BCUT2D eigenvalue weighted by molar-refractivity contribution is 9.10. The van der Waals surface area contributed by atoms with Gasteiger partial charge in [-0.05, 0) is 53.6 Å². The van der Waals surface area contributed by atoms with Gasteiger partial charge in [0.25, 0.3) is 5.91 Å². The van der Waals surface area contributed by atoms with Crippen LogP contribution in [-0.2, 0) is 0 Å². The van der Waals surface area contributed by atoms with Gasteiger partial charge >= 0.3 is 6.18 Å². The van der Waals surface area contributed by atoms with Gasteiger partial charge in [0.1, 0.15) is 5.82 Å². The number of thiophene rings is 1. The molecule has 5 nitrogen and oxygen atoms in total. The fourth-order valence-corrected chi connectivity index (χ4v) is 5.27. The fraction of sp³-hybridized carbons (Fsp3) is 0.556. The molecule has 0 aromatic carbocycles. The van der Waals surface area contributed by atoms with Crippen LogP contribution in [0.15, 0.2) is 22.0 Å². The highest BCUT2D eigenvalue weighted by atomic mass is 79.9. The van der Waals surface area contributed by atoms with Crippen LogP contribution in [0.1, 0.15) is 60.1 Å². The number of aromatic nitrogens is 2. The lowest BCUT2D eigenvalue weighted by atomic mass is 10.0. The van der Waals surface area contributed by atoms with E-state index in [0.29, 0.717) is 11.0 Å². The van der Waals surface area contributed by atoms with Gasteiger partial charge in [0.15, 0.2) is 11.7 Å². The number of nitrogens with one attached hydrogen (secondary N) is 1. The zero-order chi connectivity index (χ0) is 20.1. The smallest absolute Gasteiger partial charge is 0.362 e. The number of hydrogen-bond donors (Lipinski definition) is 1. The normalized spacial score (nSPS) is 25.3. The number of fused-ring (bicyclic) bond motifs is 1. The molecule has 0 aliphatic carbocycles. The number of piperidine rings is 1. The molecule has 152 valence electrons. The largest absolute Gasteiger partial charge is 0.410 e. The van der Waals surface area contributed by atoms with Gasteiger partial charge in [-0.3, -0.25) is 4.79 Å². The molecule has 1 amide bonds. The molecule has 2 aliphatic heterocycles. The van der Waals surface area contributed by atoms with E-state index in [-0.39, 0.29) is 29.9 Å². The third-order valence-electron chi connectivity index (χ3n) is 5.45. The van der Waals surface area contributed by atoms with Gasteiger partial charge in [0.2, 0.25) is 0 Å². The maximum atomic E-state index is 13.8. The van der Waals surface area contributed by atoms with Gasteiger partial charge in [0, 0.05) is 23.9 Å². The number of carbonyl (C=O) groups is 1. The van der Waals surface area contributed by atoms with Gasteiger partial charge in [-0.25, -0.2) is 4.68 Å². The quantitative estimate of drug-likeness (QED) is 0.632. The van der Waals surface area contributed by atoms with E-state index < -0.39 is 18.3 Å². The third-order valence-corrected chi connectivity index (χ3v) is 7.19. The molecule has 3 atom stereocenters. The second kappa shape index (κ2) is 7.37. The van der Waals surface area contributed by atoms with E-state index in [1.54, 1.807) is 4.90 Å². The number of amides is 1. The highest BCUT2D eigenvalue weighted by Crippen LogP contribution is 2.47. The molecular formula is C18H20BrF3N4OS. The van der Waals surface area contributed by atoms with E-state index in [0.717, 1.165) is 28.8 Å². The Kier molecular flexibility index (Phi) is 5.20. The molecule has 4 rings (SSSR count). The minimum atomic E-state index is -4.46. The Morgan fingerprint density at radius 2 is 2.18 bits per heavy atom. The van der Waals surface area contributed by atoms with E-state index in [9.17, 15) is 18.0 Å². The van der Waals surface area contributed by atoms with Gasteiger partial charge in [-0.15, -0.1) is 11.3 Å². The van der Waals surface area contributed by atoms with Crippen molar-refractivity contribution < 1.29 is 18.0 Å². The molecule has 28 heavy (non-hydrogen) atoms. The summed E-state index contributed by atoms with van der Waals surface area (Å²) in [5.41, 5.74) is 0.0392. The van der Waals surface area contributed by atoms with E-state index >= 15 is 0 Å². The first kappa shape index (κ1) is 19.8. The summed E-state index contributed by atoms with van der Waals surface area (Å²) in [6.45, 7) is 2.56. The standard InChI is InChI=1S/C18H20BrF3N4OS/c1-10-5-2-3-7-25(10)17(27)15-14(19)16-23-11(12-6-4-8-28-12)9-13(18(20,21)22)26(16)24-15/h4,6,8,10-11,13,23H,2-3,5,7,9H2,1H3. The molecule has 2 aliphatic rings. The van der Waals surface area contributed by atoms with Crippen LogP contribution < -0.4 is 5.32 Å². The predicted octanol–water partition coefficient (Wildman–Crippen LogP) is 5.38. The van der Waals surface area contributed by atoms with Crippen molar-refractivity contribution in [2.75, 3.05) is 11.9 Å². The number of nitrogens with zero attached hydrogens (tertiary/aromatic N) is 3. The van der Waals surface area contributed by atoms with E-state index in [4.69, 9.17) is 0 Å². The van der Waals surface area contributed by atoms with Crippen molar-refractivity contribution in [3.8, 4) is 0 Å². The molecule has 0 bridgehead atoms. The second-order valence-corrected chi connectivity index (χ2v) is 9.08. The zero-order valence-corrected chi connectivity index (χ0v) is 17.6.